The van der Waals surface area contributed by atoms with E-state index in [1.54, 1.807) is 0 Å². The lowest BCUT2D eigenvalue weighted by molar-refractivity contribution is -0.102. The molecular weight excluding hydrogens is 250 g/mol. The van der Waals surface area contributed by atoms with Crippen molar-refractivity contribution in [2.75, 3.05) is 26.4 Å². The third-order valence-corrected chi connectivity index (χ3v) is 3.77. The first-order chi connectivity index (χ1) is 9.52. The zero-order valence-electron chi connectivity index (χ0n) is 13.1. The van der Waals surface area contributed by atoms with Gasteiger partial charge in [-0.2, -0.15) is 0 Å². The van der Waals surface area contributed by atoms with Crippen molar-refractivity contribution >= 4 is 0 Å². The van der Waals surface area contributed by atoms with Crippen LogP contribution in [0.2, 0.25) is 0 Å². The maximum Gasteiger partial charge on any atom is 0.100 e. The van der Waals surface area contributed by atoms with E-state index < -0.39 is 0 Å². The predicted octanol–water partition coefficient (Wildman–Crippen LogP) is 3.05. The number of hydrogen-bond acceptors (Lipinski definition) is 3. The third-order valence-electron chi connectivity index (χ3n) is 3.77. The number of rotatable bonds is 4. The Morgan fingerprint density at radius 3 is 2.40 bits per heavy atom. The van der Waals surface area contributed by atoms with E-state index in [-0.39, 0.29) is 17.6 Å². The Morgan fingerprint density at radius 2 is 1.90 bits per heavy atom. The van der Waals surface area contributed by atoms with Gasteiger partial charge in [0.2, 0.25) is 0 Å². The molecule has 1 N–H and O–H groups in total. The summed E-state index contributed by atoms with van der Waals surface area (Å²) in [5.41, 5.74) is 2.82. The molecule has 0 aromatic heterocycles. The summed E-state index contributed by atoms with van der Waals surface area (Å²) < 4.78 is 11.4. The summed E-state index contributed by atoms with van der Waals surface area (Å²) in [6, 6.07) is 9.08. The standard InChI is InChI=1S/C17H27NO2/c1-5-18-16(15-12-19-10-11-20-15)13-6-8-14(9-7-13)17(2,3)4/h6-9,15-16,18H,5,10-12H2,1-4H3. The van der Waals surface area contributed by atoms with Crippen molar-refractivity contribution in [2.45, 2.75) is 45.3 Å². The Bertz CT molecular complexity index is 402. The van der Waals surface area contributed by atoms with E-state index in [9.17, 15) is 0 Å². The van der Waals surface area contributed by atoms with Crippen LogP contribution in [-0.4, -0.2) is 32.5 Å². The lowest BCUT2D eigenvalue weighted by Gasteiger charge is -2.31. The van der Waals surface area contributed by atoms with Gasteiger partial charge in [-0.3, -0.25) is 0 Å². The van der Waals surface area contributed by atoms with Gasteiger partial charge >= 0.3 is 0 Å². The first-order valence-electron chi connectivity index (χ1n) is 7.55. The van der Waals surface area contributed by atoms with E-state index in [1.807, 2.05) is 0 Å². The third kappa shape index (κ3) is 3.81. The van der Waals surface area contributed by atoms with E-state index in [4.69, 9.17) is 9.47 Å². The van der Waals surface area contributed by atoms with E-state index in [0.717, 1.165) is 6.54 Å². The summed E-state index contributed by atoms with van der Waals surface area (Å²) >= 11 is 0. The summed E-state index contributed by atoms with van der Waals surface area (Å²) in [6.07, 6.45) is 0.101. The van der Waals surface area contributed by atoms with Crippen molar-refractivity contribution in [3.05, 3.63) is 35.4 Å². The molecule has 0 radical (unpaired) electrons. The van der Waals surface area contributed by atoms with Gasteiger partial charge in [0, 0.05) is 0 Å². The van der Waals surface area contributed by atoms with Crippen LogP contribution in [-0.2, 0) is 14.9 Å². The van der Waals surface area contributed by atoms with Crippen LogP contribution in [0, 0.1) is 0 Å². The van der Waals surface area contributed by atoms with E-state index in [0.29, 0.717) is 19.8 Å². The summed E-state index contributed by atoms with van der Waals surface area (Å²) in [5, 5.41) is 3.52. The second-order valence-electron chi connectivity index (χ2n) is 6.39. The highest BCUT2D eigenvalue weighted by Crippen LogP contribution is 2.26. The molecule has 20 heavy (non-hydrogen) atoms. The molecular formula is C17H27NO2. The minimum Gasteiger partial charge on any atom is -0.376 e. The molecule has 1 saturated heterocycles. The van der Waals surface area contributed by atoms with Gasteiger partial charge in [-0.15, -0.1) is 0 Å². The zero-order valence-corrected chi connectivity index (χ0v) is 13.1. The van der Waals surface area contributed by atoms with Crippen molar-refractivity contribution < 1.29 is 9.47 Å². The Labute approximate surface area is 122 Å². The molecule has 2 rings (SSSR count). The average Bonchev–Trinajstić information content (AvgIpc) is 2.45. The molecule has 0 spiro atoms. The summed E-state index contributed by atoms with van der Waals surface area (Å²) in [7, 11) is 0. The molecule has 1 fully saturated rings. The van der Waals surface area contributed by atoms with Crippen LogP contribution < -0.4 is 5.32 Å². The van der Waals surface area contributed by atoms with E-state index in [1.165, 1.54) is 11.1 Å². The zero-order chi connectivity index (χ0) is 14.6. The fourth-order valence-corrected chi connectivity index (χ4v) is 2.57. The average molecular weight is 277 g/mol. The topological polar surface area (TPSA) is 30.5 Å². The molecule has 2 unspecified atom stereocenters. The van der Waals surface area contributed by atoms with E-state index >= 15 is 0 Å². The van der Waals surface area contributed by atoms with E-state index in [2.05, 4.69) is 57.3 Å². The highest BCUT2D eigenvalue weighted by molar-refractivity contribution is 5.30. The van der Waals surface area contributed by atoms with Gasteiger partial charge in [0.05, 0.1) is 25.9 Å². The molecule has 1 aromatic rings. The second-order valence-corrected chi connectivity index (χ2v) is 6.39. The lowest BCUT2D eigenvalue weighted by atomic mass is 9.86. The van der Waals surface area contributed by atoms with Crippen LogP contribution in [0.1, 0.15) is 44.9 Å². The van der Waals surface area contributed by atoms with Gasteiger partial charge in [0.15, 0.2) is 0 Å². The molecule has 3 nitrogen and oxygen atoms in total. The number of hydrogen-bond donors (Lipinski definition) is 1. The molecule has 1 aromatic carbocycles. The molecule has 1 aliphatic rings. The first kappa shape index (κ1) is 15.5. The second kappa shape index (κ2) is 6.70. The number of ether oxygens (including phenoxy) is 2. The van der Waals surface area contributed by atoms with Gasteiger partial charge in [0.1, 0.15) is 6.10 Å². The minimum absolute atomic E-state index is 0.101. The van der Waals surface area contributed by atoms with Crippen LogP contribution in [0.3, 0.4) is 0 Å². The molecule has 112 valence electrons. The lowest BCUT2D eigenvalue weighted by Crippen LogP contribution is -2.40. The maximum absolute atomic E-state index is 5.86. The Hall–Kier alpha value is -0.900. The molecule has 0 aliphatic carbocycles. The van der Waals surface area contributed by atoms with Gasteiger partial charge in [-0.05, 0) is 23.1 Å². The fourth-order valence-electron chi connectivity index (χ4n) is 2.57. The van der Waals surface area contributed by atoms with Crippen LogP contribution >= 0.6 is 0 Å². The highest BCUT2D eigenvalue weighted by Gasteiger charge is 2.26. The Morgan fingerprint density at radius 1 is 1.20 bits per heavy atom. The van der Waals surface area contributed by atoms with Crippen LogP contribution in [0.4, 0.5) is 0 Å². The van der Waals surface area contributed by atoms with Gasteiger partial charge in [-0.25, -0.2) is 0 Å². The predicted molar refractivity (Wildman–Crippen MR) is 82.1 cm³/mol. The number of nitrogens with one attached hydrogen (secondary N) is 1. The van der Waals surface area contributed by atoms with Crippen LogP contribution in [0.5, 0.6) is 0 Å². The fraction of sp³-hybridized carbons (Fsp3) is 0.647. The molecule has 1 aliphatic heterocycles. The maximum atomic E-state index is 5.86. The first-order valence-corrected chi connectivity index (χ1v) is 7.55. The monoisotopic (exact) mass is 277 g/mol. The molecule has 0 amide bonds. The summed E-state index contributed by atoms with van der Waals surface area (Å²) in [5.74, 6) is 0. The van der Waals surface area contributed by atoms with Crippen molar-refractivity contribution in [2.24, 2.45) is 0 Å². The number of benzene rings is 1. The number of likely N-dealkylation sites (N-methyl/N-ethyl adjacent to an activating group) is 1. The molecule has 0 bridgehead atoms. The minimum atomic E-state index is 0.101. The smallest absolute Gasteiger partial charge is 0.100 e. The molecule has 0 saturated carbocycles. The molecule has 2 atom stereocenters. The Kier molecular flexibility index (Phi) is 5.19. The largest absolute Gasteiger partial charge is 0.376 e. The Balaban J connectivity index is 2.16. The summed E-state index contributed by atoms with van der Waals surface area (Å²) in [4.78, 5) is 0. The van der Waals surface area contributed by atoms with Gasteiger partial charge < -0.3 is 14.8 Å². The normalized spacial score (nSPS) is 21.7. The van der Waals surface area contributed by atoms with Crippen molar-refractivity contribution in [3.8, 4) is 0 Å². The van der Waals surface area contributed by atoms with Crippen LogP contribution in [0.25, 0.3) is 0 Å². The molecule has 1 heterocycles. The SMILES string of the molecule is CCNC(c1ccc(C(C)(C)C)cc1)C1COCCO1. The summed E-state index contributed by atoms with van der Waals surface area (Å²) in [6.45, 7) is 11.8. The van der Waals surface area contributed by atoms with Crippen LogP contribution in [0.15, 0.2) is 24.3 Å². The van der Waals surface area contributed by atoms with Gasteiger partial charge in [-0.1, -0.05) is 52.0 Å². The van der Waals surface area contributed by atoms with Crippen molar-refractivity contribution in [3.63, 3.8) is 0 Å². The quantitative estimate of drug-likeness (QED) is 0.917. The highest BCUT2D eigenvalue weighted by atomic mass is 16.6. The van der Waals surface area contributed by atoms with Gasteiger partial charge in [0.25, 0.3) is 0 Å². The van der Waals surface area contributed by atoms with Crippen molar-refractivity contribution in [1.29, 1.82) is 0 Å². The van der Waals surface area contributed by atoms with Crippen molar-refractivity contribution in [1.82, 2.24) is 5.32 Å². The molecule has 3 heteroatoms.